The van der Waals surface area contributed by atoms with Crippen LogP contribution in [-0.4, -0.2) is 58.2 Å². The number of hydrogen-bond acceptors (Lipinski definition) is 5. The zero-order valence-corrected chi connectivity index (χ0v) is 15.4. The molecule has 138 valence electrons. The number of carbonyl (C=O) groups excluding carboxylic acids is 1. The van der Waals surface area contributed by atoms with E-state index >= 15 is 0 Å². The first kappa shape index (κ1) is 18.1. The normalized spacial score (nSPS) is 23.7. The summed E-state index contributed by atoms with van der Waals surface area (Å²) in [5.74, 6) is 2.66. The number of aliphatic hydroxyl groups excluding tert-OH is 1. The van der Waals surface area contributed by atoms with Gasteiger partial charge < -0.3 is 14.9 Å². The highest BCUT2D eigenvalue weighted by Gasteiger charge is 2.39. The molecule has 2 atom stereocenters. The van der Waals surface area contributed by atoms with E-state index < -0.39 is 0 Å². The summed E-state index contributed by atoms with van der Waals surface area (Å²) in [4.78, 5) is 25.8. The molecule has 1 aromatic rings. The molecule has 6 nitrogen and oxygen atoms in total. The molecular formula is C19H30N4O2. The highest BCUT2D eigenvalue weighted by molar-refractivity contribution is 5.77. The molecule has 0 saturated carbocycles. The Morgan fingerprint density at radius 2 is 2.20 bits per heavy atom. The fraction of sp³-hybridized carbons (Fsp3) is 0.737. The van der Waals surface area contributed by atoms with E-state index in [1.165, 1.54) is 5.56 Å². The minimum absolute atomic E-state index is 0.147. The molecule has 1 aromatic heterocycles. The number of aromatic nitrogens is 2. The van der Waals surface area contributed by atoms with Gasteiger partial charge in [0.1, 0.15) is 11.6 Å². The van der Waals surface area contributed by atoms with Gasteiger partial charge in [-0.1, -0.05) is 13.3 Å². The van der Waals surface area contributed by atoms with Gasteiger partial charge in [-0.05, 0) is 38.5 Å². The molecule has 25 heavy (non-hydrogen) atoms. The Labute approximate surface area is 150 Å². The summed E-state index contributed by atoms with van der Waals surface area (Å²) in [5.41, 5.74) is 1.23. The maximum atomic E-state index is 12.3. The lowest BCUT2D eigenvalue weighted by Gasteiger charge is -2.47. The average Bonchev–Trinajstić information content (AvgIpc) is 2.62. The number of carbonyl (C=O) groups is 1. The number of amides is 1. The second kappa shape index (κ2) is 8.13. The maximum Gasteiger partial charge on any atom is 0.222 e. The van der Waals surface area contributed by atoms with E-state index in [2.05, 4.69) is 16.8 Å². The zero-order chi connectivity index (χ0) is 17.8. The Balaban J connectivity index is 1.75. The van der Waals surface area contributed by atoms with Gasteiger partial charge in [0.05, 0.1) is 0 Å². The van der Waals surface area contributed by atoms with Gasteiger partial charge in [0, 0.05) is 50.5 Å². The molecule has 2 aliphatic rings. The summed E-state index contributed by atoms with van der Waals surface area (Å²) in [5, 5.41) is 9.12. The lowest BCUT2D eigenvalue weighted by Crippen LogP contribution is -2.56. The second-order valence-electron chi connectivity index (χ2n) is 7.28. The van der Waals surface area contributed by atoms with Crippen LogP contribution in [0.25, 0.3) is 0 Å². The summed E-state index contributed by atoms with van der Waals surface area (Å²) in [6, 6.07) is 0.321. The SMILES string of the molecule is CCCc1cnc(C)nc1N1CC[C@@H]2[C@@H](CCC(=O)N2CCCO)C1. The van der Waals surface area contributed by atoms with Crippen molar-refractivity contribution in [1.82, 2.24) is 14.9 Å². The van der Waals surface area contributed by atoms with Gasteiger partial charge in [-0.2, -0.15) is 0 Å². The van der Waals surface area contributed by atoms with E-state index in [4.69, 9.17) is 10.1 Å². The average molecular weight is 346 g/mol. The van der Waals surface area contributed by atoms with Crippen LogP contribution in [0.2, 0.25) is 0 Å². The highest BCUT2D eigenvalue weighted by Crippen LogP contribution is 2.34. The topological polar surface area (TPSA) is 69.6 Å². The number of aliphatic hydroxyl groups is 1. The predicted octanol–water partition coefficient (Wildman–Crippen LogP) is 1.94. The summed E-state index contributed by atoms with van der Waals surface area (Å²) in [7, 11) is 0. The van der Waals surface area contributed by atoms with Crippen LogP contribution in [0, 0.1) is 12.8 Å². The molecule has 1 amide bonds. The van der Waals surface area contributed by atoms with E-state index in [0.29, 0.717) is 31.3 Å². The molecule has 0 radical (unpaired) electrons. The molecule has 1 N–H and O–H groups in total. The van der Waals surface area contributed by atoms with Gasteiger partial charge in [-0.15, -0.1) is 0 Å². The predicted molar refractivity (Wildman–Crippen MR) is 97.5 cm³/mol. The fourth-order valence-corrected chi connectivity index (χ4v) is 4.28. The Bertz CT molecular complexity index is 607. The molecule has 3 rings (SSSR count). The number of rotatable bonds is 6. The van der Waals surface area contributed by atoms with Gasteiger partial charge in [-0.25, -0.2) is 9.97 Å². The van der Waals surface area contributed by atoms with Gasteiger partial charge in [-0.3, -0.25) is 4.79 Å². The van der Waals surface area contributed by atoms with Crippen molar-refractivity contribution in [3.8, 4) is 0 Å². The molecule has 2 fully saturated rings. The minimum atomic E-state index is 0.147. The van der Waals surface area contributed by atoms with Crippen molar-refractivity contribution in [3.05, 3.63) is 17.6 Å². The zero-order valence-electron chi connectivity index (χ0n) is 15.4. The lowest BCUT2D eigenvalue weighted by atomic mass is 9.83. The van der Waals surface area contributed by atoms with Crippen molar-refractivity contribution in [2.24, 2.45) is 5.92 Å². The third-order valence-electron chi connectivity index (χ3n) is 5.48. The molecule has 0 aliphatic carbocycles. The summed E-state index contributed by atoms with van der Waals surface area (Å²) < 4.78 is 0. The van der Waals surface area contributed by atoms with E-state index in [0.717, 1.165) is 50.4 Å². The molecule has 0 spiro atoms. The van der Waals surface area contributed by atoms with E-state index in [-0.39, 0.29) is 12.5 Å². The Morgan fingerprint density at radius 1 is 1.36 bits per heavy atom. The van der Waals surface area contributed by atoms with Crippen molar-refractivity contribution in [1.29, 1.82) is 0 Å². The van der Waals surface area contributed by atoms with E-state index in [1.54, 1.807) is 0 Å². The second-order valence-corrected chi connectivity index (χ2v) is 7.28. The van der Waals surface area contributed by atoms with Crippen LogP contribution in [0.4, 0.5) is 5.82 Å². The first-order valence-corrected chi connectivity index (χ1v) is 9.61. The Hall–Kier alpha value is -1.69. The summed E-state index contributed by atoms with van der Waals surface area (Å²) in [6.07, 6.45) is 7.31. The van der Waals surface area contributed by atoms with Gasteiger partial charge in [0.2, 0.25) is 5.91 Å². The Morgan fingerprint density at radius 3 is 2.96 bits per heavy atom. The first-order valence-electron chi connectivity index (χ1n) is 9.61. The molecule has 0 unspecified atom stereocenters. The van der Waals surface area contributed by atoms with Crippen LogP contribution in [0.1, 0.15) is 50.4 Å². The standard InChI is InChI=1S/C19H30N4O2/c1-3-5-15-12-20-14(2)21-19(15)22-10-8-17-16(13-22)6-7-18(25)23(17)9-4-11-24/h12,16-17,24H,3-11,13H2,1-2H3/t16-,17+/m0/s1. The molecule has 0 bridgehead atoms. The smallest absolute Gasteiger partial charge is 0.222 e. The third-order valence-corrected chi connectivity index (χ3v) is 5.48. The van der Waals surface area contributed by atoms with Crippen LogP contribution in [0.15, 0.2) is 6.20 Å². The molecule has 2 saturated heterocycles. The molecule has 0 aromatic carbocycles. The van der Waals surface area contributed by atoms with Crippen LogP contribution in [0.3, 0.4) is 0 Å². The third kappa shape index (κ3) is 3.94. The van der Waals surface area contributed by atoms with Crippen LogP contribution >= 0.6 is 0 Å². The number of nitrogens with zero attached hydrogens (tertiary/aromatic N) is 4. The van der Waals surface area contributed by atoms with E-state index in [1.807, 2.05) is 18.0 Å². The number of likely N-dealkylation sites (tertiary alicyclic amines) is 1. The monoisotopic (exact) mass is 346 g/mol. The number of piperidine rings is 2. The van der Waals surface area contributed by atoms with Crippen molar-refractivity contribution >= 4 is 11.7 Å². The highest BCUT2D eigenvalue weighted by atomic mass is 16.3. The van der Waals surface area contributed by atoms with E-state index in [9.17, 15) is 4.79 Å². The molecule has 2 aliphatic heterocycles. The fourth-order valence-electron chi connectivity index (χ4n) is 4.28. The number of fused-ring (bicyclic) bond motifs is 1. The number of hydrogen-bond donors (Lipinski definition) is 1. The van der Waals surface area contributed by atoms with Crippen LogP contribution < -0.4 is 4.90 Å². The molecular weight excluding hydrogens is 316 g/mol. The van der Waals surface area contributed by atoms with Crippen molar-refractivity contribution in [3.63, 3.8) is 0 Å². The maximum absolute atomic E-state index is 12.3. The molecule has 6 heteroatoms. The van der Waals surface area contributed by atoms with Crippen molar-refractivity contribution < 1.29 is 9.90 Å². The van der Waals surface area contributed by atoms with Crippen LogP contribution in [-0.2, 0) is 11.2 Å². The largest absolute Gasteiger partial charge is 0.396 e. The Kier molecular flexibility index (Phi) is 5.89. The van der Waals surface area contributed by atoms with Gasteiger partial charge in [0.25, 0.3) is 0 Å². The quantitative estimate of drug-likeness (QED) is 0.852. The van der Waals surface area contributed by atoms with Crippen molar-refractivity contribution in [2.45, 2.75) is 58.4 Å². The number of anilines is 1. The van der Waals surface area contributed by atoms with Crippen LogP contribution in [0.5, 0.6) is 0 Å². The lowest BCUT2D eigenvalue weighted by molar-refractivity contribution is -0.139. The number of aryl methyl sites for hydroxylation is 2. The van der Waals surface area contributed by atoms with Gasteiger partial charge >= 0.3 is 0 Å². The summed E-state index contributed by atoms with van der Waals surface area (Å²) in [6.45, 7) is 6.85. The van der Waals surface area contributed by atoms with Crippen molar-refractivity contribution in [2.75, 3.05) is 31.1 Å². The molecule has 3 heterocycles. The first-order chi connectivity index (χ1) is 12.1. The minimum Gasteiger partial charge on any atom is -0.396 e. The summed E-state index contributed by atoms with van der Waals surface area (Å²) >= 11 is 0. The van der Waals surface area contributed by atoms with Gasteiger partial charge in [0.15, 0.2) is 0 Å².